The van der Waals surface area contributed by atoms with Crippen LogP contribution in [0.5, 0.6) is 0 Å². The van der Waals surface area contributed by atoms with Crippen molar-refractivity contribution >= 4 is 0 Å². The quantitative estimate of drug-likeness (QED) is 0.923. The van der Waals surface area contributed by atoms with Crippen LogP contribution in [0.2, 0.25) is 0 Å². The second kappa shape index (κ2) is 6.91. The van der Waals surface area contributed by atoms with Crippen molar-refractivity contribution in [3.8, 4) is 0 Å². The van der Waals surface area contributed by atoms with Crippen LogP contribution in [0.3, 0.4) is 0 Å². The minimum Gasteiger partial charge on any atom is -0.387 e. The second-order valence-electron chi connectivity index (χ2n) is 7.07. The topological polar surface area (TPSA) is 26.7 Å². The average molecular weight is 290 g/mol. The number of β-amino-alcohol motifs (C(OH)–C–C–N with tert-alkyl or cyclic N) is 1. The van der Waals surface area contributed by atoms with E-state index in [0.717, 1.165) is 44.7 Å². The molecule has 0 saturated carbocycles. The highest BCUT2D eigenvalue weighted by atomic mass is 16.3. The van der Waals surface area contributed by atoms with Crippen molar-refractivity contribution in [3.05, 3.63) is 35.4 Å². The van der Waals surface area contributed by atoms with Crippen molar-refractivity contribution in [2.24, 2.45) is 0 Å². The Labute approximate surface area is 129 Å². The van der Waals surface area contributed by atoms with Gasteiger partial charge in [-0.2, -0.15) is 0 Å². The number of rotatable bonds is 4. The van der Waals surface area contributed by atoms with E-state index in [9.17, 15) is 5.11 Å². The van der Waals surface area contributed by atoms with Gasteiger partial charge in [0.15, 0.2) is 0 Å². The molecule has 3 heteroatoms. The molecule has 1 heterocycles. The van der Waals surface area contributed by atoms with Crippen LogP contribution in [0.4, 0.5) is 0 Å². The summed E-state index contributed by atoms with van der Waals surface area (Å²) in [5.74, 6) is 0. The van der Waals surface area contributed by atoms with Crippen LogP contribution in [0.15, 0.2) is 24.3 Å². The summed E-state index contributed by atoms with van der Waals surface area (Å²) in [4.78, 5) is 4.90. The SMILES string of the molecule is CCc1ccc(C(O)CN2CCN(C(C)(C)C)CC2)cc1. The zero-order valence-electron chi connectivity index (χ0n) is 14.0. The maximum atomic E-state index is 10.4. The Morgan fingerprint density at radius 3 is 2.10 bits per heavy atom. The predicted molar refractivity (Wildman–Crippen MR) is 88.5 cm³/mol. The van der Waals surface area contributed by atoms with Crippen molar-refractivity contribution in [2.75, 3.05) is 32.7 Å². The average Bonchev–Trinajstić information content (AvgIpc) is 2.47. The van der Waals surface area contributed by atoms with Gasteiger partial charge in [0, 0.05) is 38.3 Å². The fourth-order valence-corrected chi connectivity index (χ4v) is 2.93. The van der Waals surface area contributed by atoms with E-state index in [1.165, 1.54) is 5.56 Å². The van der Waals surface area contributed by atoms with Gasteiger partial charge in [0.2, 0.25) is 0 Å². The van der Waals surface area contributed by atoms with Crippen molar-refractivity contribution < 1.29 is 5.11 Å². The summed E-state index contributed by atoms with van der Waals surface area (Å²) < 4.78 is 0. The Morgan fingerprint density at radius 1 is 1.05 bits per heavy atom. The van der Waals surface area contributed by atoms with E-state index in [2.05, 4.69) is 61.8 Å². The molecule has 0 spiro atoms. The molecule has 118 valence electrons. The van der Waals surface area contributed by atoms with Gasteiger partial charge in [0.25, 0.3) is 0 Å². The third-order valence-corrected chi connectivity index (χ3v) is 4.52. The minimum atomic E-state index is -0.378. The summed E-state index contributed by atoms with van der Waals surface area (Å²) in [5, 5.41) is 10.4. The maximum absolute atomic E-state index is 10.4. The molecule has 0 aromatic heterocycles. The lowest BCUT2D eigenvalue weighted by Crippen LogP contribution is -2.53. The van der Waals surface area contributed by atoms with E-state index >= 15 is 0 Å². The molecule has 1 aromatic carbocycles. The third kappa shape index (κ3) is 4.53. The summed E-state index contributed by atoms with van der Waals surface area (Å²) >= 11 is 0. The smallest absolute Gasteiger partial charge is 0.0916 e. The molecule has 1 saturated heterocycles. The van der Waals surface area contributed by atoms with Crippen LogP contribution < -0.4 is 0 Å². The van der Waals surface area contributed by atoms with E-state index in [0.29, 0.717) is 0 Å². The van der Waals surface area contributed by atoms with Crippen molar-refractivity contribution in [1.82, 2.24) is 9.80 Å². The van der Waals surface area contributed by atoms with Crippen LogP contribution in [-0.2, 0) is 6.42 Å². The van der Waals surface area contributed by atoms with Crippen LogP contribution >= 0.6 is 0 Å². The predicted octanol–water partition coefficient (Wildman–Crippen LogP) is 2.70. The monoisotopic (exact) mass is 290 g/mol. The van der Waals surface area contributed by atoms with Crippen LogP contribution in [-0.4, -0.2) is 53.2 Å². The fraction of sp³-hybridized carbons (Fsp3) is 0.667. The molecule has 3 nitrogen and oxygen atoms in total. The Morgan fingerprint density at radius 2 is 1.62 bits per heavy atom. The second-order valence-corrected chi connectivity index (χ2v) is 7.07. The van der Waals surface area contributed by atoms with Gasteiger partial charge >= 0.3 is 0 Å². The highest BCUT2D eigenvalue weighted by Crippen LogP contribution is 2.19. The molecular formula is C18H30N2O. The lowest BCUT2D eigenvalue weighted by molar-refractivity contribution is 0.0363. The number of aliphatic hydroxyl groups is 1. The molecule has 1 aliphatic rings. The minimum absolute atomic E-state index is 0.251. The number of piperazine rings is 1. The number of hydrogen-bond acceptors (Lipinski definition) is 3. The van der Waals surface area contributed by atoms with Crippen molar-refractivity contribution in [3.63, 3.8) is 0 Å². The number of benzene rings is 1. The zero-order valence-corrected chi connectivity index (χ0v) is 14.0. The van der Waals surface area contributed by atoms with Gasteiger partial charge in [0.05, 0.1) is 6.10 Å². The number of aryl methyl sites for hydroxylation is 1. The number of hydrogen-bond donors (Lipinski definition) is 1. The van der Waals surface area contributed by atoms with Gasteiger partial charge in [-0.25, -0.2) is 0 Å². The normalized spacial score (nSPS) is 19.7. The first-order chi connectivity index (χ1) is 9.90. The molecule has 1 unspecified atom stereocenters. The molecule has 0 aliphatic carbocycles. The Balaban J connectivity index is 1.85. The first kappa shape index (κ1) is 16.5. The fourth-order valence-electron chi connectivity index (χ4n) is 2.93. The van der Waals surface area contributed by atoms with E-state index in [4.69, 9.17) is 0 Å². The Hall–Kier alpha value is -0.900. The largest absolute Gasteiger partial charge is 0.387 e. The van der Waals surface area contributed by atoms with E-state index in [1.54, 1.807) is 0 Å². The summed E-state index contributed by atoms with van der Waals surface area (Å²) in [6, 6.07) is 8.37. The molecule has 0 radical (unpaired) electrons. The van der Waals surface area contributed by atoms with Crippen molar-refractivity contribution in [1.29, 1.82) is 0 Å². The molecule has 2 rings (SSSR count). The van der Waals surface area contributed by atoms with Crippen molar-refractivity contribution in [2.45, 2.75) is 45.8 Å². The van der Waals surface area contributed by atoms with E-state index in [1.807, 2.05) is 0 Å². The zero-order chi connectivity index (χ0) is 15.5. The molecule has 1 N–H and O–H groups in total. The van der Waals surface area contributed by atoms with Gasteiger partial charge in [0.1, 0.15) is 0 Å². The lowest BCUT2D eigenvalue weighted by Gasteiger charge is -2.42. The van der Waals surface area contributed by atoms with E-state index in [-0.39, 0.29) is 11.6 Å². The summed E-state index contributed by atoms with van der Waals surface area (Å²) in [6.45, 7) is 14.0. The molecule has 0 bridgehead atoms. The third-order valence-electron chi connectivity index (χ3n) is 4.52. The first-order valence-corrected chi connectivity index (χ1v) is 8.14. The molecule has 1 aromatic rings. The van der Waals surface area contributed by atoms with Crippen LogP contribution in [0.1, 0.15) is 44.9 Å². The van der Waals surface area contributed by atoms with E-state index < -0.39 is 0 Å². The van der Waals surface area contributed by atoms with Gasteiger partial charge in [-0.15, -0.1) is 0 Å². The Bertz CT molecular complexity index is 428. The summed E-state index contributed by atoms with van der Waals surface area (Å²) in [6.07, 6.45) is 0.669. The van der Waals surface area contributed by atoms with Gasteiger partial charge in [-0.1, -0.05) is 31.2 Å². The molecule has 1 fully saturated rings. The summed E-state index contributed by atoms with van der Waals surface area (Å²) in [7, 11) is 0. The molecular weight excluding hydrogens is 260 g/mol. The van der Waals surface area contributed by atoms with Gasteiger partial charge in [-0.05, 0) is 38.3 Å². The van der Waals surface area contributed by atoms with Gasteiger partial charge in [-0.3, -0.25) is 9.80 Å². The maximum Gasteiger partial charge on any atom is 0.0916 e. The molecule has 0 amide bonds. The molecule has 1 atom stereocenters. The lowest BCUT2D eigenvalue weighted by atomic mass is 10.0. The summed E-state index contributed by atoms with van der Waals surface area (Å²) in [5.41, 5.74) is 2.61. The Kier molecular flexibility index (Phi) is 5.42. The highest BCUT2D eigenvalue weighted by molar-refractivity contribution is 5.24. The molecule has 21 heavy (non-hydrogen) atoms. The number of aliphatic hydroxyl groups excluding tert-OH is 1. The standard InChI is InChI=1S/C18H30N2O/c1-5-15-6-8-16(9-7-15)17(21)14-19-10-12-20(13-11-19)18(2,3)4/h6-9,17,21H,5,10-14H2,1-4H3. The number of nitrogens with zero attached hydrogens (tertiary/aromatic N) is 2. The highest BCUT2D eigenvalue weighted by Gasteiger charge is 2.26. The van der Waals surface area contributed by atoms with Crippen LogP contribution in [0.25, 0.3) is 0 Å². The first-order valence-electron chi connectivity index (χ1n) is 8.14. The van der Waals surface area contributed by atoms with Crippen LogP contribution in [0, 0.1) is 0 Å². The van der Waals surface area contributed by atoms with Gasteiger partial charge < -0.3 is 5.11 Å². The molecule has 1 aliphatic heterocycles.